The van der Waals surface area contributed by atoms with Gasteiger partial charge in [0.15, 0.2) is 0 Å². The molecule has 0 spiro atoms. The summed E-state index contributed by atoms with van der Waals surface area (Å²) >= 11 is 0. The van der Waals surface area contributed by atoms with Crippen LogP contribution in [0.3, 0.4) is 0 Å². The van der Waals surface area contributed by atoms with Gasteiger partial charge in [0.2, 0.25) is 0 Å². The molecule has 0 unspecified atom stereocenters. The molecule has 0 bridgehead atoms. The SMILES string of the molecule is Bc1c[nH]c2ncncc12. The Balaban J connectivity index is 2.93. The minimum absolute atomic E-state index is 0.910. The van der Waals surface area contributed by atoms with Gasteiger partial charge in [-0.15, -0.1) is 0 Å². The molecule has 0 saturated heterocycles. The van der Waals surface area contributed by atoms with Crippen LogP contribution >= 0.6 is 0 Å². The first-order valence-electron chi connectivity index (χ1n) is 3.11. The lowest BCUT2D eigenvalue weighted by Crippen LogP contribution is -1.97. The first-order chi connectivity index (χ1) is 4.88. The average molecular weight is 131 g/mol. The van der Waals surface area contributed by atoms with E-state index in [9.17, 15) is 0 Å². The van der Waals surface area contributed by atoms with Crippen LogP contribution in [0.15, 0.2) is 18.7 Å². The Morgan fingerprint density at radius 3 is 3.20 bits per heavy atom. The van der Waals surface area contributed by atoms with Crippen molar-refractivity contribution >= 4 is 24.3 Å². The molecule has 3 nitrogen and oxygen atoms in total. The maximum absolute atomic E-state index is 4.04. The fourth-order valence-electron chi connectivity index (χ4n) is 0.988. The van der Waals surface area contributed by atoms with Crippen LogP contribution in [0.5, 0.6) is 0 Å². The number of aromatic nitrogens is 3. The van der Waals surface area contributed by atoms with E-state index >= 15 is 0 Å². The Bertz CT molecular complexity index is 355. The van der Waals surface area contributed by atoms with Crippen molar-refractivity contribution in [2.24, 2.45) is 0 Å². The molecule has 1 N–H and O–H groups in total. The van der Waals surface area contributed by atoms with Crippen LogP contribution in [-0.2, 0) is 0 Å². The molecule has 0 radical (unpaired) electrons. The number of hydrogen-bond donors (Lipinski definition) is 1. The Hall–Kier alpha value is -1.32. The molecule has 2 aromatic heterocycles. The van der Waals surface area contributed by atoms with Gasteiger partial charge in [-0.25, -0.2) is 9.97 Å². The van der Waals surface area contributed by atoms with Crippen LogP contribution in [0.1, 0.15) is 0 Å². The number of rotatable bonds is 0. The smallest absolute Gasteiger partial charge is 0.142 e. The fraction of sp³-hybridized carbons (Fsp3) is 0. The fourth-order valence-corrected chi connectivity index (χ4v) is 0.988. The minimum atomic E-state index is 0.910. The first kappa shape index (κ1) is 5.47. The molecule has 0 aliphatic carbocycles. The Morgan fingerprint density at radius 1 is 1.50 bits per heavy atom. The van der Waals surface area contributed by atoms with Crippen LogP contribution < -0.4 is 5.46 Å². The molecule has 2 aromatic rings. The van der Waals surface area contributed by atoms with Crippen molar-refractivity contribution in [1.29, 1.82) is 0 Å². The van der Waals surface area contributed by atoms with Gasteiger partial charge < -0.3 is 4.98 Å². The summed E-state index contributed by atoms with van der Waals surface area (Å²) in [5.41, 5.74) is 2.10. The number of fused-ring (bicyclic) bond motifs is 1. The third kappa shape index (κ3) is 0.619. The summed E-state index contributed by atoms with van der Waals surface area (Å²) in [5, 5.41) is 1.10. The molecule has 0 aliphatic rings. The van der Waals surface area contributed by atoms with Gasteiger partial charge in [-0.2, -0.15) is 0 Å². The summed E-state index contributed by atoms with van der Waals surface area (Å²) in [6.07, 6.45) is 5.28. The highest BCUT2D eigenvalue weighted by atomic mass is 14.9. The van der Waals surface area contributed by atoms with E-state index in [2.05, 4.69) is 15.0 Å². The van der Waals surface area contributed by atoms with Crippen LogP contribution in [0, 0.1) is 0 Å². The Morgan fingerprint density at radius 2 is 2.40 bits per heavy atom. The highest BCUT2D eigenvalue weighted by molar-refractivity contribution is 6.38. The van der Waals surface area contributed by atoms with E-state index in [-0.39, 0.29) is 0 Å². The highest BCUT2D eigenvalue weighted by Gasteiger charge is 1.96. The van der Waals surface area contributed by atoms with Gasteiger partial charge in [0.1, 0.15) is 19.8 Å². The standard InChI is InChI=1S/C6H6BN3/c7-5-2-9-6-4(5)1-8-3-10-6/h1-3H,7H2,(H,8,9,10). The molecule has 10 heavy (non-hydrogen) atoms. The maximum Gasteiger partial charge on any atom is 0.142 e. The second-order valence-corrected chi connectivity index (χ2v) is 2.26. The van der Waals surface area contributed by atoms with Crippen molar-refractivity contribution in [3.05, 3.63) is 18.7 Å². The van der Waals surface area contributed by atoms with Gasteiger partial charge in [0, 0.05) is 11.6 Å². The number of aromatic amines is 1. The lowest BCUT2D eigenvalue weighted by atomic mass is 9.98. The predicted octanol–water partition coefficient (Wildman–Crippen LogP) is -0.784. The van der Waals surface area contributed by atoms with E-state index in [0.29, 0.717) is 0 Å². The molecule has 0 amide bonds. The molecule has 0 fully saturated rings. The maximum atomic E-state index is 4.04. The Kier molecular flexibility index (Phi) is 1.00. The molecule has 2 rings (SSSR count). The van der Waals surface area contributed by atoms with Crippen LogP contribution in [0.25, 0.3) is 11.0 Å². The summed E-state index contributed by atoms with van der Waals surface area (Å²) in [4.78, 5) is 11.0. The van der Waals surface area contributed by atoms with E-state index in [0.717, 1.165) is 11.0 Å². The molecule has 0 aliphatic heterocycles. The lowest BCUT2D eigenvalue weighted by molar-refractivity contribution is 1.20. The molecule has 0 aromatic carbocycles. The first-order valence-corrected chi connectivity index (χ1v) is 3.11. The van der Waals surface area contributed by atoms with Gasteiger partial charge in [0.05, 0.1) is 0 Å². The van der Waals surface area contributed by atoms with Gasteiger partial charge in [-0.1, -0.05) is 5.46 Å². The molecule has 48 valence electrons. The summed E-state index contributed by atoms with van der Waals surface area (Å²) < 4.78 is 0. The monoisotopic (exact) mass is 131 g/mol. The van der Waals surface area contributed by atoms with E-state index in [1.165, 1.54) is 11.8 Å². The molecule has 0 saturated carbocycles. The highest BCUT2D eigenvalue weighted by Crippen LogP contribution is 2.00. The molecular formula is C6H6BN3. The van der Waals surface area contributed by atoms with Gasteiger partial charge in [0.25, 0.3) is 0 Å². The molecule has 4 heteroatoms. The molecule has 0 atom stereocenters. The number of nitrogens with zero attached hydrogens (tertiary/aromatic N) is 2. The van der Waals surface area contributed by atoms with Crippen molar-refractivity contribution in [2.45, 2.75) is 0 Å². The Labute approximate surface area is 58.9 Å². The average Bonchev–Trinajstić information content (AvgIpc) is 2.34. The predicted molar refractivity (Wildman–Crippen MR) is 42.1 cm³/mol. The number of hydrogen-bond acceptors (Lipinski definition) is 2. The normalized spacial score (nSPS) is 10.4. The van der Waals surface area contributed by atoms with Crippen molar-refractivity contribution in [1.82, 2.24) is 15.0 Å². The molecular weight excluding hydrogens is 125 g/mol. The lowest BCUT2D eigenvalue weighted by Gasteiger charge is -1.85. The third-order valence-corrected chi connectivity index (χ3v) is 1.56. The van der Waals surface area contributed by atoms with Crippen LogP contribution in [-0.4, -0.2) is 22.8 Å². The summed E-state index contributed by atoms with van der Waals surface area (Å²) in [6, 6.07) is 0. The van der Waals surface area contributed by atoms with Gasteiger partial charge in [-0.3, -0.25) is 0 Å². The van der Waals surface area contributed by atoms with Crippen molar-refractivity contribution in [3.8, 4) is 0 Å². The van der Waals surface area contributed by atoms with Gasteiger partial charge >= 0.3 is 0 Å². The second-order valence-electron chi connectivity index (χ2n) is 2.26. The van der Waals surface area contributed by atoms with Crippen LogP contribution in [0.2, 0.25) is 0 Å². The van der Waals surface area contributed by atoms with Crippen LogP contribution in [0.4, 0.5) is 0 Å². The van der Waals surface area contributed by atoms with E-state index in [4.69, 9.17) is 0 Å². The van der Waals surface area contributed by atoms with Crippen molar-refractivity contribution in [3.63, 3.8) is 0 Å². The molecule has 2 heterocycles. The van der Waals surface area contributed by atoms with E-state index in [1.54, 1.807) is 0 Å². The summed E-state index contributed by atoms with van der Waals surface area (Å²) in [7, 11) is 2.03. The van der Waals surface area contributed by atoms with E-state index in [1.807, 2.05) is 20.2 Å². The number of H-pyrrole nitrogens is 1. The van der Waals surface area contributed by atoms with Crippen molar-refractivity contribution in [2.75, 3.05) is 0 Å². The second kappa shape index (κ2) is 1.83. The third-order valence-electron chi connectivity index (χ3n) is 1.56. The van der Waals surface area contributed by atoms with Crippen molar-refractivity contribution < 1.29 is 0 Å². The zero-order valence-electron chi connectivity index (χ0n) is 5.63. The zero-order chi connectivity index (χ0) is 6.97. The largest absolute Gasteiger partial charge is 0.347 e. The summed E-state index contributed by atoms with van der Waals surface area (Å²) in [6.45, 7) is 0. The van der Waals surface area contributed by atoms with Gasteiger partial charge in [-0.05, 0) is 6.20 Å². The van der Waals surface area contributed by atoms with E-state index < -0.39 is 0 Å². The summed E-state index contributed by atoms with van der Waals surface area (Å²) in [5.74, 6) is 0. The minimum Gasteiger partial charge on any atom is -0.347 e. The number of nitrogens with one attached hydrogen (secondary N) is 1. The topological polar surface area (TPSA) is 41.6 Å². The quantitative estimate of drug-likeness (QED) is 0.476. The zero-order valence-corrected chi connectivity index (χ0v) is 5.63.